The largest absolute Gasteiger partial charge is 0.458 e. The Morgan fingerprint density at radius 1 is 1.40 bits per heavy atom. The highest BCUT2D eigenvalue weighted by molar-refractivity contribution is 5.77. The predicted octanol–water partition coefficient (Wildman–Crippen LogP) is 2.49. The van der Waals surface area contributed by atoms with Crippen molar-refractivity contribution in [1.29, 1.82) is 0 Å². The van der Waals surface area contributed by atoms with E-state index in [1.54, 1.807) is 17.0 Å². The molecule has 102 valence electrons. The first-order chi connectivity index (χ1) is 9.76. The Bertz CT molecular complexity index is 696. The topological polar surface area (TPSA) is 64.1 Å². The number of aliphatic hydroxyl groups excluding tert-OH is 1. The summed E-state index contributed by atoms with van der Waals surface area (Å²) in [6.45, 7) is 4.25. The van der Waals surface area contributed by atoms with E-state index in [1.165, 1.54) is 0 Å². The standard InChI is InChI=1S/C15H15N3O2/c1-2-7-18-10-12(16-17-18)9-13(19)15-8-11-5-3-4-6-14(11)20-15/h2-6,8,10,13,19H,1,7,9H2. The lowest BCUT2D eigenvalue weighted by Gasteiger charge is -2.03. The molecule has 1 unspecified atom stereocenters. The van der Waals surface area contributed by atoms with Gasteiger partial charge < -0.3 is 9.52 Å². The highest BCUT2D eigenvalue weighted by Gasteiger charge is 2.15. The van der Waals surface area contributed by atoms with Crippen LogP contribution >= 0.6 is 0 Å². The molecule has 0 amide bonds. The van der Waals surface area contributed by atoms with Crippen molar-refractivity contribution in [1.82, 2.24) is 15.0 Å². The van der Waals surface area contributed by atoms with E-state index in [-0.39, 0.29) is 0 Å². The molecule has 1 aromatic carbocycles. The third-order valence-corrected chi connectivity index (χ3v) is 3.08. The van der Waals surface area contributed by atoms with Crippen molar-refractivity contribution in [3.63, 3.8) is 0 Å². The van der Waals surface area contributed by atoms with Crippen LogP contribution < -0.4 is 0 Å². The van der Waals surface area contributed by atoms with Crippen molar-refractivity contribution < 1.29 is 9.52 Å². The number of allylic oxidation sites excluding steroid dienone is 1. The van der Waals surface area contributed by atoms with E-state index < -0.39 is 6.10 Å². The highest BCUT2D eigenvalue weighted by Crippen LogP contribution is 2.25. The fraction of sp³-hybridized carbons (Fsp3) is 0.200. The van der Waals surface area contributed by atoms with Crippen LogP contribution in [0.2, 0.25) is 0 Å². The van der Waals surface area contributed by atoms with Gasteiger partial charge >= 0.3 is 0 Å². The molecular weight excluding hydrogens is 254 g/mol. The lowest BCUT2D eigenvalue weighted by molar-refractivity contribution is 0.151. The minimum absolute atomic E-state index is 0.372. The van der Waals surface area contributed by atoms with Gasteiger partial charge in [-0.3, -0.25) is 0 Å². The Labute approximate surface area is 116 Å². The van der Waals surface area contributed by atoms with Crippen molar-refractivity contribution in [2.75, 3.05) is 0 Å². The molecule has 0 fully saturated rings. The second-order valence-corrected chi connectivity index (χ2v) is 4.63. The molecule has 1 N–H and O–H groups in total. The Hall–Kier alpha value is -2.40. The van der Waals surface area contributed by atoms with Crippen LogP contribution in [0.1, 0.15) is 17.6 Å². The molecule has 3 aromatic rings. The van der Waals surface area contributed by atoms with Crippen LogP contribution in [0.4, 0.5) is 0 Å². The van der Waals surface area contributed by atoms with Crippen LogP contribution in [0.15, 0.2) is 53.6 Å². The van der Waals surface area contributed by atoms with Gasteiger partial charge in [-0.2, -0.15) is 0 Å². The van der Waals surface area contributed by atoms with Crippen molar-refractivity contribution in [3.05, 3.63) is 60.6 Å². The molecule has 0 radical (unpaired) electrons. The maximum atomic E-state index is 10.2. The molecule has 0 spiro atoms. The van der Waals surface area contributed by atoms with Crippen LogP contribution in [0, 0.1) is 0 Å². The molecule has 0 saturated heterocycles. The second-order valence-electron chi connectivity index (χ2n) is 4.63. The van der Waals surface area contributed by atoms with E-state index in [0.29, 0.717) is 18.7 Å². The molecule has 1 atom stereocenters. The molecule has 5 heteroatoms. The number of benzene rings is 1. The fourth-order valence-corrected chi connectivity index (χ4v) is 2.12. The van der Waals surface area contributed by atoms with Gasteiger partial charge in [0, 0.05) is 18.0 Å². The van der Waals surface area contributed by atoms with Gasteiger partial charge in [0.15, 0.2) is 0 Å². The Kier molecular flexibility index (Phi) is 3.35. The summed E-state index contributed by atoms with van der Waals surface area (Å²) < 4.78 is 7.31. The van der Waals surface area contributed by atoms with Gasteiger partial charge in [0.25, 0.3) is 0 Å². The van der Waals surface area contributed by atoms with E-state index in [0.717, 1.165) is 16.7 Å². The summed E-state index contributed by atoms with van der Waals surface area (Å²) in [6, 6.07) is 9.53. The average molecular weight is 269 g/mol. The highest BCUT2D eigenvalue weighted by atomic mass is 16.4. The van der Waals surface area contributed by atoms with Gasteiger partial charge in [-0.1, -0.05) is 29.5 Å². The third kappa shape index (κ3) is 2.48. The summed E-state index contributed by atoms with van der Waals surface area (Å²) in [5.74, 6) is 0.546. The summed E-state index contributed by atoms with van der Waals surface area (Å²) in [4.78, 5) is 0. The van der Waals surface area contributed by atoms with Crippen molar-refractivity contribution in [2.24, 2.45) is 0 Å². The van der Waals surface area contributed by atoms with Crippen LogP contribution in [0.25, 0.3) is 11.0 Å². The van der Waals surface area contributed by atoms with Gasteiger partial charge in [0.2, 0.25) is 0 Å². The normalized spacial score (nSPS) is 12.7. The molecular formula is C15H15N3O2. The SMILES string of the molecule is C=CCn1cc(CC(O)c2cc3ccccc3o2)nn1. The Morgan fingerprint density at radius 3 is 3.05 bits per heavy atom. The third-order valence-electron chi connectivity index (χ3n) is 3.08. The summed E-state index contributed by atoms with van der Waals surface area (Å²) in [6.07, 6.45) is 3.19. The van der Waals surface area contributed by atoms with Gasteiger partial charge in [0.1, 0.15) is 17.4 Å². The van der Waals surface area contributed by atoms with Gasteiger partial charge in [-0.15, -0.1) is 11.7 Å². The first kappa shape index (κ1) is 12.6. The summed E-state index contributed by atoms with van der Waals surface area (Å²) >= 11 is 0. The Morgan fingerprint density at radius 2 is 2.25 bits per heavy atom. The van der Waals surface area contributed by atoms with E-state index in [1.807, 2.05) is 30.3 Å². The molecule has 0 bridgehead atoms. The number of aromatic nitrogens is 3. The molecule has 5 nitrogen and oxygen atoms in total. The quantitative estimate of drug-likeness (QED) is 0.723. The number of para-hydroxylation sites is 1. The first-order valence-electron chi connectivity index (χ1n) is 6.42. The number of aliphatic hydroxyl groups is 1. The predicted molar refractivity (Wildman–Crippen MR) is 75.1 cm³/mol. The lowest BCUT2D eigenvalue weighted by atomic mass is 10.1. The zero-order chi connectivity index (χ0) is 13.9. The molecule has 0 aliphatic carbocycles. The van der Waals surface area contributed by atoms with Crippen LogP contribution in [0.3, 0.4) is 0 Å². The fourth-order valence-electron chi connectivity index (χ4n) is 2.12. The summed E-state index contributed by atoms with van der Waals surface area (Å²) in [7, 11) is 0. The maximum absolute atomic E-state index is 10.2. The first-order valence-corrected chi connectivity index (χ1v) is 6.42. The molecule has 0 aliphatic rings. The van der Waals surface area contributed by atoms with E-state index in [4.69, 9.17) is 4.42 Å². The number of hydrogen-bond acceptors (Lipinski definition) is 4. The second kappa shape index (κ2) is 5.30. The van der Waals surface area contributed by atoms with Crippen molar-refractivity contribution in [2.45, 2.75) is 19.1 Å². The average Bonchev–Trinajstić information content (AvgIpc) is 3.05. The van der Waals surface area contributed by atoms with Crippen LogP contribution in [-0.4, -0.2) is 20.1 Å². The number of fused-ring (bicyclic) bond motifs is 1. The summed E-state index contributed by atoms with van der Waals surface area (Å²) in [5, 5.41) is 19.2. The molecule has 0 saturated carbocycles. The zero-order valence-electron chi connectivity index (χ0n) is 10.9. The lowest BCUT2D eigenvalue weighted by Crippen LogP contribution is -2.00. The number of hydrogen-bond donors (Lipinski definition) is 1. The van der Waals surface area contributed by atoms with E-state index in [9.17, 15) is 5.11 Å². The minimum Gasteiger partial charge on any atom is -0.458 e. The minimum atomic E-state index is -0.726. The van der Waals surface area contributed by atoms with Crippen LogP contribution in [0.5, 0.6) is 0 Å². The summed E-state index contributed by atoms with van der Waals surface area (Å²) in [5.41, 5.74) is 1.50. The number of furan rings is 1. The van der Waals surface area contributed by atoms with Gasteiger partial charge in [-0.25, -0.2) is 4.68 Å². The van der Waals surface area contributed by atoms with E-state index >= 15 is 0 Å². The number of nitrogens with zero attached hydrogens (tertiary/aromatic N) is 3. The van der Waals surface area contributed by atoms with Crippen LogP contribution in [-0.2, 0) is 13.0 Å². The van der Waals surface area contributed by atoms with E-state index in [2.05, 4.69) is 16.9 Å². The zero-order valence-corrected chi connectivity index (χ0v) is 10.9. The molecule has 3 rings (SSSR count). The molecule has 2 heterocycles. The molecule has 20 heavy (non-hydrogen) atoms. The molecule has 0 aliphatic heterocycles. The monoisotopic (exact) mass is 269 g/mol. The maximum Gasteiger partial charge on any atom is 0.134 e. The van der Waals surface area contributed by atoms with Crippen molar-refractivity contribution >= 4 is 11.0 Å². The smallest absolute Gasteiger partial charge is 0.134 e. The molecule has 2 aromatic heterocycles. The Balaban J connectivity index is 1.77. The van der Waals surface area contributed by atoms with Crippen molar-refractivity contribution in [3.8, 4) is 0 Å². The van der Waals surface area contributed by atoms with Gasteiger partial charge in [0.05, 0.1) is 12.2 Å². The number of rotatable bonds is 5. The van der Waals surface area contributed by atoms with Gasteiger partial charge in [-0.05, 0) is 12.1 Å².